The second-order valence-corrected chi connectivity index (χ2v) is 8.47. The highest BCUT2D eigenvalue weighted by Gasteiger charge is 2.23. The van der Waals surface area contributed by atoms with Crippen molar-refractivity contribution < 1.29 is 23.4 Å². The molecular weight excluding hydrogens is 463 g/mol. The molecule has 8 nitrogen and oxygen atoms in total. The quantitative estimate of drug-likeness (QED) is 0.411. The van der Waals surface area contributed by atoms with Crippen molar-refractivity contribution in [3.8, 4) is 11.5 Å². The Morgan fingerprint density at radius 2 is 1.72 bits per heavy atom. The summed E-state index contributed by atoms with van der Waals surface area (Å²) < 4.78 is 30.0. The summed E-state index contributed by atoms with van der Waals surface area (Å²) in [5.74, 6) is 1.54. The second kappa shape index (κ2) is 12.3. The van der Waals surface area contributed by atoms with E-state index < -0.39 is 0 Å². The number of hydrogen-bond acceptors (Lipinski definition) is 7. The van der Waals surface area contributed by atoms with Crippen LogP contribution in [0.15, 0.2) is 54.6 Å². The number of ether oxygens (including phenoxy) is 3. The van der Waals surface area contributed by atoms with Crippen LogP contribution in [0.3, 0.4) is 0 Å². The molecular formula is C27H31FN4O4. The molecule has 0 saturated carbocycles. The Morgan fingerprint density at radius 1 is 1.03 bits per heavy atom. The minimum Gasteiger partial charge on any atom is -0.491 e. The number of benzene rings is 2. The molecule has 1 amide bonds. The molecule has 36 heavy (non-hydrogen) atoms. The monoisotopic (exact) mass is 494 g/mol. The summed E-state index contributed by atoms with van der Waals surface area (Å²) in [4.78, 5) is 23.9. The van der Waals surface area contributed by atoms with Gasteiger partial charge in [0.25, 0.3) is 5.91 Å². The minimum atomic E-state index is -0.375. The molecule has 0 aliphatic carbocycles. The molecule has 0 bridgehead atoms. The maximum absolute atomic E-state index is 13.1. The van der Waals surface area contributed by atoms with E-state index in [-0.39, 0.29) is 23.7 Å². The van der Waals surface area contributed by atoms with Crippen molar-refractivity contribution in [3.63, 3.8) is 0 Å². The van der Waals surface area contributed by atoms with E-state index >= 15 is 0 Å². The van der Waals surface area contributed by atoms with Crippen LogP contribution < -0.4 is 19.7 Å². The standard InChI is InChI=1S/C27H31FN4O4/c1-3-34-16-17-35-22-10-6-21(7-11-22)30-27(33)26-29-19(2)18-25(31-26)32-14-12-24(13-15-32)36-23-8-4-20(28)5-9-23/h4-11,18,24H,3,12-17H2,1-2H3,(H,30,33). The number of anilines is 2. The van der Waals surface area contributed by atoms with Crippen LogP contribution >= 0.6 is 0 Å². The van der Waals surface area contributed by atoms with Crippen molar-refractivity contribution in [2.45, 2.75) is 32.8 Å². The van der Waals surface area contributed by atoms with Crippen LogP contribution in [0.5, 0.6) is 11.5 Å². The molecule has 2 aromatic carbocycles. The van der Waals surface area contributed by atoms with Gasteiger partial charge in [-0.2, -0.15) is 0 Å². The lowest BCUT2D eigenvalue weighted by atomic mass is 10.1. The van der Waals surface area contributed by atoms with Gasteiger partial charge < -0.3 is 24.4 Å². The van der Waals surface area contributed by atoms with Crippen LogP contribution in [0.4, 0.5) is 15.9 Å². The van der Waals surface area contributed by atoms with Crippen LogP contribution in [0, 0.1) is 12.7 Å². The maximum Gasteiger partial charge on any atom is 0.293 e. The number of amides is 1. The van der Waals surface area contributed by atoms with Crippen LogP contribution in [-0.2, 0) is 4.74 Å². The third-order valence-corrected chi connectivity index (χ3v) is 5.74. The molecule has 0 atom stereocenters. The molecule has 1 aromatic heterocycles. The predicted octanol–water partition coefficient (Wildman–Crippen LogP) is 4.64. The lowest BCUT2D eigenvalue weighted by Gasteiger charge is -2.33. The fourth-order valence-electron chi connectivity index (χ4n) is 3.91. The zero-order valence-corrected chi connectivity index (χ0v) is 20.6. The average molecular weight is 495 g/mol. The molecule has 0 unspecified atom stereocenters. The van der Waals surface area contributed by atoms with Gasteiger partial charge in [-0.15, -0.1) is 0 Å². The van der Waals surface area contributed by atoms with Gasteiger partial charge >= 0.3 is 0 Å². The van der Waals surface area contributed by atoms with Gasteiger partial charge in [0.1, 0.15) is 35.8 Å². The smallest absolute Gasteiger partial charge is 0.293 e. The van der Waals surface area contributed by atoms with Crippen LogP contribution in [0.1, 0.15) is 36.1 Å². The molecule has 9 heteroatoms. The summed E-state index contributed by atoms with van der Waals surface area (Å²) in [6, 6.07) is 15.1. The first-order valence-corrected chi connectivity index (χ1v) is 12.1. The number of nitrogens with one attached hydrogen (secondary N) is 1. The minimum absolute atomic E-state index is 0.0449. The van der Waals surface area contributed by atoms with E-state index in [2.05, 4.69) is 20.2 Å². The maximum atomic E-state index is 13.1. The molecule has 3 aromatic rings. The van der Waals surface area contributed by atoms with E-state index in [1.165, 1.54) is 12.1 Å². The van der Waals surface area contributed by atoms with Gasteiger partial charge in [0.2, 0.25) is 5.82 Å². The highest BCUT2D eigenvalue weighted by atomic mass is 19.1. The number of carbonyl (C=O) groups is 1. The third-order valence-electron chi connectivity index (χ3n) is 5.74. The van der Waals surface area contributed by atoms with Gasteiger partial charge in [-0.05, 0) is 62.4 Å². The fraction of sp³-hybridized carbons (Fsp3) is 0.370. The highest BCUT2D eigenvalue weighted by molar-refractivity contribution is 6.01. The van der Waals surface area contributed by atoms with E-state index in [1.54, 1.807) is 36.4 Å². The van der Waals surface area contributed by atoms with E-state index in [0.717, 1.165) is 25.9 Å². The first-order chi connectivity index (χ1) is 17.5. The number of hydrogen-bond donors (Lipinski definition) is 1. The molecule has 2 heterocycles. The summed E-state index contributed by atoms with van der Waals surface area (Å²) in [6.07, 6.45) is 1.63. The molecule has 1 aliphatic rings. The Balaban J connectivity index is 1.32. The lowest BCUT2D eigenvalue weighted by molar-refractivity contribution is 0.101. The van der Waals surface area contributed by atoms with Crippen LogP contribution in [0.2, 0.25) is 0 Å². The topological polar surface area (TPSA) is 85.8 Å². The molecule has 4 rings (SSSR count). The number of rotatable bonds is 10. The van der Waals surface area contributed by atoms with E-state index in [4.69, 9.17) is 14.2 Å². The second-order valence-electron chi connectivity index (χ2n) is 8.47. The molecule has 190 valence electrons. The summed E-state index contributed by atoms with van der Waals surface area (Å²) in [5, 5.41) is 2.85. The molecule has 0 radical (unpaired) electrons. The lowest BCUT2D eigenvalue weighted by Crippen LogP contribution is -2.39. The van der Waals surface area contributed by atoms with Crippen molar-refractivity contribution in [3.05, 3.63) is 71.9 Å². The van der Waals surface area contributed by atoms with Gasteiger partial charge in [0, 0.05) is 50.0 Å². The average Bonchev–Trinajstić information content (AvgIpc) is 2.89. The molecule has 1 saturated heterocycles. The Kier molecular flexibility index (Phi) is 8.67. The van der Waals surface area contributed by atoms with E-state index in [0.29, 0.717) is 48.5 Å². The van der Waals surface area contributed by atoms with Gasteiger partial charge in [0.05, 0.1) is 6.61 Å². The zero-order chi connectivity index (χ0) is 25.3. The van der Waals surface area contributed by atoms with E-state index in [1.807, 2.05) is 19.9 Å². The summed E-state index contributed by atoms with van der Waals surface area (Å²) in [5.41, 5.74) is 1.34. The van der Waals surface area contributed by atoms with E-state index in [9.17, 15) is 9.18 Å². The van der Waals surface area contributed by atoms with Gasteiger partial charge in [-0.1, -0.05) is 0 Å². The Hall–Kier alpha value is -3.72. The Labute approximate surface area is 210 Å². The number of piperidine rings is 1. The van der Waals surface area contributed by atoms with Gasteiger partial charge in [-0.3, -0.25) is 4.79 Å². The normalized spacial score (nSPS) is 13.9. The largest absolute Gasteiger partial charge is 0.491 e. The van der Waals surface area contributed by atoms with Crippen molar-refractivity contribution >= 4 is 17.4 Å². The highest BCUT2D eigenvalue weighted by Crippen LogP contribution is 2.23. The number of halogens is 1. The van der Waals surface area contributed by atoms with Gasteiger partial charge in [0.15, 0.2) is 0 Å². The Bertz CT molecular complexity index is 1130. The van der Waals surface area contributed by atoms with Crippen molar-refractivity contribution in [2.24, 2.45) is 0 Å². The summed E-state index contributed by atoms with van der Waals surface area (Å²) >= 11 is 0. The number of carbonyl (C=O) groups excluding carboxylic acids is 1. The fourth-order valence-corrected chi connectivity index (χ4v) is 3.91. The van der Waals surface area contributed by atoms with Crippen LogP contribution in [0.25, 0.3) is 0 Å². The first kappa shape index (κ1) is 25.4. The first-order valence-electron chi connectivity index (χ1n) is 12.1. The molecule has 1 fully saturated rings. The summed E-state index contributed by atoms with van der Waals surface area (Å²) in [7, 11) is 0. The zero-order valence-electron chi connectivity index (χ0n) is 20.6. The van der Waals surface area contributed by atoms with Crippen LogP contribution in [-0.4, -0.2) is 54.9 Å². The predicted molar refractivity (Wildman–Crippen MR) is 135 cm³/mol. The van der Waals surface area contributed by atoms with Crippen molar-refractivity contribution in [1.29, 1.82) is 0 Å². The SMILES string of the molecule is CCOCCOc1ccc(NC(=O)c2nc(C)cc(N3CCC(Oc4ccc(F)cc4)CC3)n2)cc1. The number of aryl methyl sites for hydroxylation is 1. The molecule has 0 spiro atoms. The third kappa shape index (κ3) is 7.14. The number of aromatic nitrogens is 2. The Morgan fingerprint density at radius 3 is 2.42 bits per heavy atom. The van der Waals surface area contributed by atoms with Gasteiger partial charge in [-0.25, -0.2) is 14.4 Å². The summed E-state index contributed by atoms with van der Waals surface area (Å²) in [6.45, 7) is 6.90. The number of nitrogens with zero attached hydrogens (tertiary/aromatic N) is 3. The molecule has 1 N–H and O–H groups in total. The molecule has 1 aliphatic heterocycles. The van der Waals surface area contributed by atoms with Crippen molar-refractivity contribution in [2.75, 3.05) is 43.1 Å². The van der Waals surface area contributed by atoms with Crippen molar-refractivity contribution in [1.82, 2.24) is 9.97 Å².